The summed E-state index contributed by atoms with van der Waals surface area (Å²) < 4.78 is 10.9. The number of rotatable bonds is 5. The molecule has 2 fully saturated rings. The van der Waals surface area contributed by atoms with Gasteiger partial charge in [-0.25, -0.2) is 0 Å². The summed E-state index contributed by atoms with van der Waals surface area (Å²) >= 11 is 0. The number of hydrogen-bond acceptors (Lipinski definition) is 7. The molecule has 138 valence electrons. The minimum Gasteiger partial charge on any atom is -0.675 e. The molecule has 0 bridgehead atoms. The van der Waals surface area contributed by atoms with Gasteiger partial charge in [-0.3, -0.25) is 4.79 Å². The Bertz CT molecular complexity index is 436. The minimum atomic E-state index is -2.04. The van der Waals surface area contributed by atoms with Crippen LogP contribution in [0.15, 0.2) is 0 Å². The maximum Gasteiger partial charge on any atom is 4.00 e. The molecule has 1 heterocycles. The van der Waals surface area contributed by atoms with Crippen molar-refractivity contribution in [3.05, 3.63) is 11.5 Å². The summed E-state index contributed by atoms with van der Waals surface area (Å²) in [6.07, 6.45) is -1.62. The topological polar surface area (TPSA) is 163 Å². The fourth-order valence-electron chi connectivity index (χ4n) is 2.22. The first kappa shape index (κ1) is 23.1. The molecule has 24 heavy (non-hydrogen) atoms. The van der Waals surface area contributed by atoms with Crippen molar-refractivity contribution in [1.29, 1.82) is 0 Å². The maximum absolute atomic E-state index is 10.3. The molecule has 9 nitrogen and oxygen atoms in total. The Hall–Kier alpha value is -0.862. The molecule has 0 spiro atoms. The van der Waals surface area contributed by atoms with Gasteiger partial charge in [0.25, 0.3) is 0 Å². The zero-order chi connectivity index (χ0) is 17.8. The number of nitrogens with one attached hydrogen (secondary N) is 2. The van der Waals surface area contributed by atoms with Gasteiger partial charge in [-0.05, 0) is 0 Å². The molecule has 1 aliphatic carbocycles. The first-order valence-corrected chi connectivity index (χ1v) is 7.22. The van der Waals surface area contributed by atoms with Crippen LogP contribution in [0, 0.1) is 11.3 Å². The number of carboxylic acid groups (broad SMARTS) is 2. The van der Waals surface area contributed by atoms with E-state index in [1.807, 2.05) is 13.8 Å². The van der Waals surface area contributed by atoms with Crippen molar-refractivity contribution in [3.63, 3.8) is 0 Å². The molecule has 0 aromatic rings. The Morgan fingerprint density at radius 3 is 1.67 bits per heavy atom. The van der Waals surface area contributed by atoms with E-state index in [0.29, 0.717) is 5.92 Å². The van der Waals surface area contributed by atoms with Crippen molar-refractivity contribution in [2.45, 2.75) is 45.2 Å². The number of ketones is 1. The predicted octanol–water partition coefficient (Wildman–Crippen LogP) is -1.31. The van der Waals surface area contributed by atoms with Crippen molar-refractivity contribution in [2.24, 2.45) is 11.3 Å². The van der Waals surface area contributed by atoms with Crippen LogP contribution in [0.25, 0.3) is 11.5 Å². The number of carbonyl (C=O) groups excluding carboxylic acids is 3. The van der Waals surface area contributed by atoms with Crippen LogP contribution in [0.2, 0.25) is 0 Å². The second-order valence-electron chi connectivity index (χ2n) is 5.92. The smallest absolute Gasteiger partial charge is 0.675 e. The molecular weight excluding hydrogens is 503 g/mol. The molecule has 1 saturated carbocycles. The van der Waals surface area contributed by atoms with Crippen LogP contribution in [0.4, 0.5) is 0 Å². The van der Waals surface area contributed by atoms with Gasteiger partial charge < -0.3 is 40.7 Å². The van der Waals surface area contributed by atoms with Gasteiger partial charge in [-0.2, -0.15) is 0 Å². The summed E-state index contributed by atoms with van der Waals surface area (Å²) in [4.78, 5) is 30.8. The molecule has 2 N–H and O–H groups in total. The van der Waals surface area contributed by atoms with Gasteiger partial charge in [0.05, 0.1) is 29.6 Å². The zero-order valence-electron chi connectivity index (χ0n) is 13.3. The van der Waals surface area contributed by atoms with E-state index in [1.165, 1.54) is 0 Å². The summed E-state index contributed by atoms with van der Waals surface area (Å²) in [5.74, 6) is -3.57. The molecular formula is C14H20N2O7Pt. The van der Waals surface area contributed by atoms with E-state index in [9.17, 15) is 24.6 Å². The number of aliphatic carboxylic acids is 2. The van der Waals surface area contributed by atoms with Crippen LogP contribution >= 0.6 is 0 Å². The normalized spacial score (nSPS) is 25.3. The van der Waals surface area contributed by atoms with Gasteiger partial charge in [-0.15, -0.1) is 13.1 Å². The average Bonchev–Trinajstić information content (AvgIpc) is 2.87. The number of carboxylic acids is 2. The Morgan fingerprint density at radius 1 is 1.12 bits per heavy atom. The minimum absolute atomic E-state index is 0. The van der Waals surface area contributed by atoms with Crippen LogP contribution < -0.4 is 10.2 Å². The van der Waals surface area contributed by atoms with Gasteiger partial charge >= 0.3 is 21.1 Å². The van der Waals surface area contributed by atoms with E-state index in [4.69, 9.17) is 20.9 Å². The monoisotopic (exact) mass is 523 g/mol. The molecule has 1 aliphatic heterocycles. The third kappa shape index (κ3) is 5.07. The number of carbonyl (C=O) groups is 3. The van der Waals surface area contributed by atoms with E-state index in [2.05, 4.69) is 0 Å². The van der Waals surface area contributed by atoms with Crippen LogP contribution in [-0.2, 0) is 44.9 Å². The van der Waals surface area contributed by atoms with Gasteiger partial charge in [0.1, 0.15) is 5.78 Å². The predicted molar refractivity (Wildman–Crippen MR) is 73.4 cm³/mol. The first-order valence-electron chi connectivity index (χ1n) is 7.22. The maximum atomic E-state index is 10.3. The van der Waals surface area contributed by atoms with Crippen molar-refractivity contribution < 1.29 is 55.1 Å². The van der Waals surface area contributed by atoms with Gasteiger partial charge in [-0.1, -0.05) is 13.8 Å². The van der Waals surface area contributed by atoms with Crippen LogP contribution in [-0.4, -0.2) is 49.3 Å². The number of hydrogen-bond donors (Lipinski definition) is 0. The van der Waals surface area contributed by atoms with E-state index < -0.39 is 36.0 Å². The average molecular weight is 523 g/mol. The van der Waals surface area contributed by atoms with Gasteiger partial charge in [0, 0.05) is 18.8 Å². The fraction of sp³-hybridized carbons (Fsp3) is 0.786. The van der Waals surface area contributed by atoms with Gasteiger partial charge in [0.15, 0.2) is 6.29 Å². The van der Waals surface area contributed by atoms with E-state index in [-0.39, 0.29) is 52.7 Å². The zero-order valence-corrected chi connectivity index (χ0v) is 15.6. The SMILES string of the molecule is CC(C)C1O[C@@H](C[NH-])[C@H](C[NH-])O1.O=C1CC(C(=O)[O-])(C(=O)[O-])C1.[Pt+4]. The van der Waals surface area contributed by atoms with E-state index in [0.717, 1.165) is 0 Å². The molecule has 0 aromatic heterocycles. The second-order valence-corrected chi connectivity index (χ2v) is 5.92. The molecule has 0 radical (unpaired) electrons. The summed E-state index contributed by atoms with van der Waals surface area (Å²) in [5, 5.41) is 20.4. The van der Waals surface area contributed by atoms with E-state index in [1.54, 1.807) is 0 Å². The number of ether oxygens (including phenoxy) is 2. The quantitative estimate of drug-likeness (QED) is 0.404. The Kier molecular flexibility index (Phi) is 9.23. The van der Waals surface area contributed by atoms with Crippen LogP contribution in [0.1, 0.15) is 26.7 Å². The summed E-state index contributed by atoms with van der Waals surface area (Å²) in [7, 11) is 0. The molecule has 2 rings (SSSR count). The molecule has 1 saturated heterocycles. The molecule has 0 unspecified atom stereocenters. The van der Waals surface area contributed by atoms with Crippen LogP contribution in [0.3, 0.4) is 0 Å². The summed E-state index contributed by atoms with van der Waals surface area (Å²) in [6, 6.07) is 0. The number of Topliss-reactive ketones (excluding diaryl/α,β-unsaturated/α-hetero) is 1. The molecule has 2 atom stereocenters. The van der Waals surface area contributed by atoms with Crippen molar-refractivity contribution >= 4 is 17.7 Å². The molecule has 10 heteroatoms. The fourth-order valence-corrected chi connectivity index (χ4v) is 2.22. The molecule has 0 amide bonds. The standard InChI is InChI=1S/C8H16N2O2.C6H6O5.Pt/c1-5(2)8-11-6(3-9)7(4-10)12-8;7-3-1-6(2-3,4(8)9)5(10)11;/h5-10H,3-4H2,1-2H3;1-2H2,(H,8,9)(H,10,11);/q-2;;+4/p-2/t6-,7-;;/m0../s1. The summed E-state index contributed by atoms with van der Waals surface area (Å²) in [6.45, 7) is 4.40. The van der Waals surface area contributed by atoms with Crippen molar-refractivity contribution in [1.82, 2.24) is 0 Å². The Balaban J connectivity index is 0.000000425. The first-order chi connectivity index (χ1) is 10.7. The Morgan fingerprint density at radius 2 is 1.50 bits per heavy atom. The van der Waals surface area contributed by atoms with Crippen LogP contribution in [0.5, 0.6) is 0 Å². The third-order valence-electron chi connectivity index (χ3n) is 3.76. The van der Waals surface area contributed by atoms with E-state index >= 15 is 0 Å². The van der Waals surface area contributed by atoms with Gasteiger partial charge in [0.2, 0.25) is 0 Å². The molecule has 0 aromatic carbocycles. The van der Waals surface area contributed by atoms with Crippen molar-refractivity contribution in [3.8, 4) is 0 Å². The molecule has 2 aliphatic rings. The Labute approximate surface area is 154 Å². The summed E-state index contributed by atoms with van der Waals surface area (Å²) in [5.41, 5.74) is 12.3. The largest absolute Gasteiger partial charge is 4.00 e. The van der Waals surface area contributed by atoms with Crippen molar-refractivity contribution in [2.75, 3.05) is 13.1 Å². The third-order valence-corrected chi connectivity index (χ3v) is 3.76. The second kappa shape index (κ2) is 9.58.